The summed E-state index contributed by atoms with van der Waals surface area (Å²) < 4.78 is 5.02. The topological polar surface area (TPSA) is 63.6 Å². The highest BCUT2D eigenvalue weighted by Crippen LogP contribution is 2.50. The quantitative estimate of drug-likeness (QED) is 0.565. The molecule has 1 rings (SSSR count). The number of esters is 1. The maximum atomic E-state index is 11.4. The number of alkyl halides is 1. The lowest BCUT2D eigenvalue weighted by molar-refractivity contribution is -0.158. The lowest BCUT2D eigenvalue weighted by atomic mass is 10.2. The van der Waals surface area contributed by atoms with E-state index in [0.717, 1.165) is 0 Å². The fourth-order valence-corrected chi connectivity index (χ4v) is 1.36. The molecule has 2 unspecified atom stereocenters. The van der Waals surface area contributed by atoms with Gasteiger partial charge in [-0.15, -0.1) is 11.6 Å². The van der Waals surface area contributed by atoms with Gasteiger partial charge in [0.2, 0.25) is 0 Å². The van der Waals surface area contributed by atoms with Crippen molar-refractivity contribution in [1.29, 1.82) is 0 Å². The van der Waals surface area contributed by atoms with E-state index in [1.165, 1.54) is 0 Å². The van der Waals surface area contributed by atoms with Gasteiger partial charge in [0.1, 0.15) is 5.60 Å². The lowest BCUT2D eigenvalue weighted by Gasteiger charge is -2.19. The minimum Gasteiger partial charge on any atom is -0.480 e. The van der Waals surface area contributed by atoms with Crippen molar-refractivity contribution in [2.75, 3.05) is 0 Å². The molecule has 4 nitrogen and oxygen atoms in total. The van der Waals surface area contributed by atoms with Crippen molar-refractivity contribution in [1.82, 2.24) is 0 Å². The zero-order chi connectivity index (χ0) is 11.1. The molecule has 1 aliphatic carbocycles. The Labute approximate surface area is 87.2 Å². The largest absolute Gasteiger partial charge is 0.480 e. The number of halogens is 1. The van der Waals surface area contributed by atoms with E-state index in [2.05, 4.69) is 0 Å². The van der Waals surface area contributed by atoms with Gasteiger partial charge in [0.25, 0.3) is 0 Å². The van der Waals surface area contributed by atoms with Crippen molar-refractivity contribution < 1.29 is 19.4 Å². The van der Waals surface area contributed by atoms with Crippen molar-refractivity contribution in [2.45, 2.75) is 37.7 Å². The highest BCUT2D eigenvalue weighted by atomic mass is 35.5. The minimum atomic E-state index is -1.43. The molecular formula is C9H13ClO4. The Hall–Kier alpha value is -0.770. The Balaban J connectivity index is 2.56. The number of hydrogen-bond donors (Lipinski definition) is 1. The van der Waals surface area contributed by atoms with Crippen LogP contribution in [0.2, 0.25) is 0 Å². The van der Waals surface area contributed by atoms with Gasteiger partial charge in [-0.25, -0.2) is 0 Å². The van der Waals surface area contributed by atoms with Crippen molar-refractivity contribution in [3.8, 4) is 0 Å². The molecule has 0 aromatic rings. The summed E-state index contributed by atoms with van der Waals surface area (Å²) in [6.07, 6.45) is 0.152. The summed E-state index contributed by atoms with van der Waals surface area (Å²) in [5, 5.41) is 8.69. The number of carbonyl (C=O) groups is 2. The van der Waals surface area contributed by atoms with E-state index in [1.807, 2.05) is 0 Å². The molecule has 5 heteroatoms. The fraction of sp³-hybridized carbons (Fsp3) is 0.778. The van der Waals surface area contributed by atoms with E-state index in [9.17, 15) is 9.59 Å². The summed E-state index contributed by atoms with van der Waals surface area (Å²) >= 11 is 5.67. The number of rotatable bonds is 2. The first kappa shape index (κ1) is 11.3. The summed E-state index contributed by atoms with van der Waals surface area (Å²) in [5.41, 5.74) is -0.601. The summed E-state index contributed by atoms with van der Waals surface area (Å²) in [6.45, 7) is 5.18. The Morgan fingerprint density at radius 1 is 1.50 bits per heavy atom. The van der Waals surface area contributed by atoms with E-state index in [0.29, 0.717) is 0 Å². The third kappa shape index (κ3) is 2.18. The maximum Gasteiger partial charge on any atom is 0.325 e. The number of hydrogen-bond acceptors (Lipinski definition) is 3. The molecule has 0 aliphatic heterocycles. The molecule has 1 aliphatic rings. The van der Waals surface area contributed by atoms with Crippen LogP contribution in [0, 0.1) is 5.92 Å². The Morgan fingerprint density at radius 2 is 2.00 bits per heavy atom. The number of ether oxygens (including phenoxy) is 1. The number of carboxylic acid groups (broad SMARTS) is 1. The molecule has 1 N–H and O–H groups in total. The highest BCUT2D eigenvalue weighted by molar-refractivity contribution is 6.38. The SMILES string of the molecule is CC(C)(C)OC(=O)C1CC1(Cl)C(=O)O. The first-order chi connectivity index (χ1) is 6.17. The summed E-state index contributed by atoms with van der Waals surface area (Å²) in [4.78, 5) is 20.6. The van der Waals surface area contributed by atoms with E-state index in [1.54, 1.807) is 20.8 Å². The highest BCUT2D eigenvalue weighted by Gasteiger charge is 2.64. The van der Waals surface area contributed by atoms with Crippen LogP contribution in [0.1, 0.15) is 27.2 Å². The molecule has 0 bridgehead atoms. The molecule has 0 amide bonds. The number of aliphatic carboxylic acids is 1. The van der Waals surface area contributed by atoms with Crippen LogP contribution in [0.3, 0.4) is 0 Å². The van der Waals surface area contributed by atoms with Crippen LogP contribution in [0.25, 0.3) is 0 Å². The van der Waals surface area contributed by atoms with Gasteiger partial charge in [0.15, 0.2) is 4.87 Å². The fourth-order valence-electron chi connectivity index (χ4n) is 1.12. The Kier molecular flexibility index (Phi) is 2.52. The second-order valence-electron chi connectivity index (χ2n) is 4.46. The van der Waals surface area contributed by atoms with E-state index in [4.69, 9.17) is 21.4 Å². The minimum absolute atomic E-state index is 0.152. The second kappa shape index (κ2) is 3.12. The van der Waals surface area contributed by atoms with Crippen LogP contribution in [0.5, 0.6) is 0 Å². The average Bonchev–Trinajstić information content (AvgIpc) is 2.60. The summed E-state index contributed by atoms with van der Waals surface area (Å²) in [6, 6.07) is 0. The Morgan fingerprint density at radius 3 is 2.29 bits per heavy atom. The zero-order valence-corrected chi connectivity index (χ0v) is 9.09. The van der Waals surface area contributed by atoms with Gasteiger partial charge in [-0.05, 0) is 27.2 Å². The van der Waals surface area contributed by atoms with Crippen molar-refractivity contribution in [2.24, 2.45) is 5.92 Å². The third-order valence-electron chi connectivity index (χ3n) is 1.94. The van der Waals surface area contributed by atoms with E-state index < -0.39 is 28.3 Å². The molecule has 0 radical (unpaired) electrons. The molecule has 0 aromatic heterocycles. The molecule has 0 spiro atoms. The third-order valence-corrected chi connectivity index (χ3v) is 2.52. The Bertz CT molecular complexity index is 281. The summed E-state index contributed by atoms with van der Waals surface area (Å²) in [5.74, 6) is -2.40. The molecule has 0 heterocycles. The van der Waals surface area contributed by atoms with Crippen molar-refractivity contribution in [3.05, 3.63) is 0 Å². The van der Waals surface area contributed by atoms with Crippen LogP contribution in [0.15, 0.2) is 0 Å². The summed E-state index contributed by atoms with van der Waals surface area (Å²) in [7, 11) is 0. The molecule has 1 saturated carbocycles. The monoisotopic (exact) mass is 220 g/mol. The van der Waals surface area contributed by atoms with Gasteiger partial charge in [-0.3, -0.25) is 9.59 Å². The number of carboxylic acids is 1. The first-order valence-electron chi connectivity index (χ1n) is 4.32. The molecule has 0 saturated heterocycles. The van der Waals surface area contributed by atoms with Crippen LogP contribution in [0.4, 0.5) is 0 Å². The van der Waals surface area contributed by atoms with Crippen molar-refractivity contribution >= 4 is 23.5 Å². The van der Waals surface area contributed by atoms with Gasteiger partial charge in [-0.2, -0.15) is 0 Å². The van der Waals surface area contributed by atoms with Gasteiger partial charge < -0.3 is 9.84 Å². The normalized spacial score (nSPS) is 31.0. The molecule has 2 atom stereocenters. The first-order valence-corrected chi connectivity index (χ1v) is 4.70. The van der Waals surface area contributed by atoms with Gasteiger partial charge in [-0.1, -0.05) is 0 Å². The lowest BCUT2D eigenvalue weighted by Crippen LogP contribution is -2.28. The van der Waals surface area contributed by atoms with Crippen molar-refractivity contribution in [3.63, 3.8) is 0 Å². The predicted octanol–water partition coefficient (Wildman–Crippen LogP) is 1.41. The van der Waals surface area contributed by atoms with Gasteiger partial charge in [0, 0.05) is 0 Å². The van der Waals surface area contributed by atoms with E-state index in [-0.39, 0.29) is 6.42 Å². The van der Waals surface area contributed by atoms with E-state index >= 15 is 0 Å². The van der Waals surface area contributed by atoms with Gasteiger partial charge in [0.05, 0.1) is 5.92 Å². The molecule has 80 valence electrons. The molecule has 14 heavy (non-hydrogen) atoms. The van der Waals surface area contributed by atoms with Crippen LogP contribution < -0.4 is 0 Å². The van der Waals surface area contributed by atoms with Crippen LogP contribution >= 0.6 is 11.6 Å². The smallest absolute Gasteiger partial charge is 0.325 e. The average molecular weight is 221 g/mol. The van der Waals surface area contributed by atoms with Crippen LogP contribution in [-0.4, -0.2) is 27.5 Å². The van der Waals surface area contributed by atoms with Gasteiger partial charge >= 0.3 is 11.9 Å². The molecular weight excluding hydrogens is 208 g/mol. The molecule has 1 fully saturated rings. The molecule has 0 aromatic carbocycles. The van der Waals surface area contributed by atoms with Crippen LogP contribution in [-0.2, 0) is 14.3 Å². The maximum absolute atomic E-state index is 11.4. The zero-order valence-electron chi connectivity index (χ0n) is 8.33. The number of carbonyl (C=O) groups excluding carboxylic acids is 1. The predicted molar refractivity (Wildman–Crippen MR) is 50.2 cm³/mol. The second-order valence-corrected chi connectivity index (χ2v) is 5.13. The standard InChI is InChI=1S/C9H13ClO4/c1-8(2,3)14-6(11)5-4-9(5,10)7(12)13/h5H,4H2,1-3H3,(H,12,13).